The van der Waals surface area contributed by atoms with Crippen LogP contribution >= 0.6 is 0 Å². The van der Waals surface area contributed by atoms with Crippen LogP contribution in [0.15, 0.2) is 69.9 Å². The summed E-state index contributed by atoms with van der Waals surface area (Å²) in [6, 6.07) is 17.3. The minimum Gasteiger partial charge on any atom is -0.425 e. The molecule has 0 aliphatic heterocycles. The minimum atomic E-state index is -1.58. The number of para-hydroxylation sites is 2. The zero-order valence-corrected chi connectivity index (χ0v) is 18.8. The quantitative estimate of drug-likeness (QED) is 0.188. The summed E-state index contributed by atoms with van der Waals surface area (Å²) in [6.45, 7) is 7.35. The average Bonchev–Trinajstić information content (AvgIpc) is 2.77. The van der Waals surface area contributed by atoms with Gasteiger partial charge in [0.25, 0.3) is 0 Å². The van der Waals surface area contributed by atoms with E-state index in [0.29, 0.717) is 22.4 Å². The van der Waals surface area contributed by atoms with Gasteiger partial charge in [-0.05, 0) is 56.5 Å². The molecule has 0 saturated heterocycles. The fourth-order valence-corrected chi connectivity index (χ4v) is 3.98. The second-order valence-corrected chi connectivity index (χ2v) is 8.12. The molecule has 1 atom stereocenters. The number of ether oxygens (including phenoxy) is 1. The largest absolute Gasteiger partial charge is 0.425 e. The Morgan fingerprint density at radius 2 is 1.52 bits per heavy atom. The molecule has 0 amide bonds. The van der Waals surface area contributed by atoms with Crippen LogP contribution in [0.1, 0.15) is 44.2 Å². The zero-order chi connectivity index (χ0) is 23.7. The summed E-state index contributed by atoms with van der Waals surface area (Å²) < 4.78 is 11.1. The van der Waals surface area contributed by atoms with Crippen molar-refractivity contribution < 1.29 is 18.7 Å². The van der Waals surface area contributed by atoms with E-state index >= 15 is 0 Å². The van der Waals surface area contributed by atoms with E-state index in [2.05, 4.69) is 4.98 Å². The lowest BCUT2D eigenvalue weighted by Gasteiger charge is -2.17. The van der Waals surface area contributed by atoms with E-state index in [-0.39, 0.29) is 11.3 Å². The van der Waals surface area contributed by atoms with Gasteiger partial charge in [0.1, 0.15) is 17.0 Å². The molecule has 6 nitrogen and oxygen atoms in total. The molecule has 1 aromatic heterocycles. The van der Waals surface area contributed by atoms with Crippen LogP contribution in [0, 0.1) is 27.7 Å². The molecule has 0 aliphatic rings. The van der Waals surface area contributed by atoms with E-state index in [4.69, 9.17) is 9.15 Å². The lowest BCUT2D eigenvalue weighted by molar-refractivity contribution is -0.135. The van der Waals surface area contributed by atoms with Gasteiger partial charge in [-0.2, -0.15) is 0 Å². The highest BCUT2D eigenvalue weighted by Gasteiger charge is 2.37. The van der Waals surface area contributed by atoms with Crippen molar-refractivity contribution in [1.82, 2.24) is 4.98 Å². The van der Waals surface area contributed by atoms with Crippen LogP contribution in [0.3, 0.4) is 0 Å². The Kier molecular flexibility index (Phi) is 5.92. The Morgan fingerprint density at radius 3 is 2.21 bits per heavy atom. The zero-order valence-electron chi connectivity index (χ0n) is 18.8. The Balaban J connectivity index is 1.86. The van der Waals surface area contributed by atoms with E-state index in [0.717, 1.165) is 16.7 Å². The van der Waals surface area contributed by atoms with Crippen LogP contribution in [0.25, 0.3) is 11.1 Å². The van der Waals surface area contributed by atoms with E-state index in [1.54, 1.807) is 55.5 Å². The Labute approximate surface area is 190 Å². The van der Waals surface area contributed by atoms with Crippen molar-refractivity contribution in [3.05, 3.63) is 105 Å². The van der Waals surface area contributed by atoms with Gasteiger partial charge < -0.3 is 9.15 Å². The van der Waals surface area contributed by atoms with Gasteiger partial charge in [-0.1, -0.05) is 54.1 Å². The Bertz CT molecular complexity index is 1430. The molecule has 0 aliphatic carbocycles. The number of hydrogen-bond acceptors (Lipinski definition) is 6. The summed E-state index contributed by atoms with van der Waals surface area (Å²) in [5.41, 5.74) is 3.00. The highest BCUT2D eigenvalue weighted by Crippen LogP contribution is 2.29. The maximum absolute atomic E-state index is 13.6. The molecule has 1 heterocycles. The summed E-state index contributed by atoms with van der Waals surface area (Å²) in [6.07, 6.45) is 0. The predicted molar refractivity (Wildman–Crippen MR) is 125 cm³/mol. The average molecular weight is 441 g/mol. The van der Waals surface area contributed by atoms with Crippen LogP contribution in [-0.2, 0) is 4.79 Å². The van der Waals surface area contributed by atoms with Gasteiger partial charge >= 0.3 is 11.6 Å². The first-order valence-electron chi connectivity index (χ1n) is 10.6. The maximum atomic E-state index is 13.6. The van der Waals surface area contributed by atoms with E-state index < -0.39 is 23.3 Å². The van der Waals surface area contributed by atoms with Crippen LogP contribution < -0.4 is 10.4 Å². The van der Waals surface area contributed by atoms with Crippen molar-refractivity contribution in [2.75, 3.05) is 0 Å². The first-order chi connectivity index (χ1) is 15.8. The van der Waals surface area contributed by atoms with Gasteiger partial charge in [-0.3, -0.25) is 9.59 Å². The lowest BCUT2D eigenvalue weighted by Crippen LogP contribution is -2.32. The number of ketones is 1. The third-order valence-electron chi connectivity index (χ3n) is 5.51. The minimum absolute atomic E-state index is 0.270. The summed E-state index contributed by atoms with van der Waals surface area (Å²) in [4.78, 5) is 44.2. The molecule has 3 aromatic carbocycles. The van der Waals surface area contributed by atoms with Crippen LogP contribution in [0.2, 0.25) is 0 Å². The monoisotopic (exact) mass is 441 g/mol. The van der Waals surface area contributed by atoms with Crippen molar-refractivity contribution in [3.63, 3.8) is 0 Å². The summed E-state index contributed by atoms with van der Waals surface area (Å²) in [5.74, 6) is -2.67. The number of aromatic nitrogens is 1. The van der Waals surface area contributed by atoms with Crippen LogP contribution in [0.4, 0.5) is 0 Å². The van der Waals surface area contributed by atoms with Gasteiger partial charge in [0.05, 0.1) is 0 Å². The van der Waals surface area contributed by atoms with E-state index in [1.165, 1.54) is 0 Å². The van der Waals surface area contributed by atoms with Crippen LogP contribution in [-0.4, -0.2) is 16.7 Å². The number of Topliss-reactive ketones (excluding diaryl/α,β-unsaturated/α-hetero) is 1. The van der Waals surface area contributed by atoms with Crippen molar-refractivity contribution in [2.45, 2.75) is 33.6 Å². The molecule has 1 unspecified atom stereocenters. The smallest absolute Gasteiger partial charge is 0.359 e. The number of aryl methyl sites for hydroxylation is 4. The highest BCUT2D eigenvalue weighted by molar-refractivity contribution is 6.13. The summed E-state index contributed by atoms with van der Waals surface area (Å²) >= 11 is 0. The number of hydrogen-bond donors (Lipinski definition) is 0. The molecule has 4 rings (SSSR count). The van der Waals surface area contributed by atoms with Gasteiger partial charge in [-0.15, -0.1) is 0 Å². The molecule has 0 N–H and O–H groups in total. The predicted octanol–water partition coefficient (Wildman–Crippen LogP) is 4.99. The maximum Gasteiger partial charge on any atom is 0.359 e. The van der Waals surface area contributed by atoms with Gasteiger partial charge in [0.2, 0.25) is 0 Å². The van der Waals surface area contributed by atoms with E-state index in [1.807, 2.05) is 32.9 Å². The van der Waals surface area contributed by atoms with Crippen molar-refractivity contribution in [3.8, 4) is 5.75 Å². The lowest BCUT2D eigenvalue weighted by atomic mass is 9.92. The van der Waals surface area contributed by atoms with E-state index in [9.17, 15) is 14.4 Å². The van der Waals surface area contributed by atoms with Gasteiger partial charge in [0, 0.05) is 5.56 Å². The first-order valence-corrected chi connectivity index (χ1v) is 10.6. The summed E-state index contributed by atoms with van der Waals surface area (Å²) in [7, 11) is 0. The number of esters is 1. The number of carbonyl (C=O) groups is 2. The fraction of sp³-hybridized carbons (Fsp3) is 0.185. The second-order valence-electron chi connectivity index (χ2n) is 8.12. The Morgan fingerprint density at radius 1 is 0.879 bits per heavy atom. The molecule has 33 heavy (non-hydrogen) atoms. The number of benzene rings is 3. The number of carbonyl (C=O) groups excluding carboxylic acids is 2. The molecule has 0 radical (unpaired) electrons. The molecular weight excluding hydrogens is 418 g/mol. The topological polar surface area (TPSA) is 86.5 Å². The second kappa shape index (κ2) is 8.82. The highest BCUT2D eigenvalue weighted by atomic mass is 16.5. The molecular formula is C27H23NO5. The molecule has 6 heteroatoms. The number of nitrogens with zero attached hydrogens (tertiary/aromatic N) is 1. The summed E-state index contributed by atoms with van der Waals surface area (Å²) in [5, 5.41) is 0. The fourth-order valence-electron chi connectivity index (χ4n) is 3.98. The van der Waals surface area contributed by atoms with Gasteiger partial charge in [0.15, 0.2) is 17.3 Å². The van der Waals surface area contributed by atoms with Crippen molar-refractivity contribution in [2.24, 2.45) is 0 Å². The molecule has 4 aromatic rings. The number of fused-ring (bicyclic) bond motifs is 1. The standard InChI is InChI=1S/C27H23NO5/c1-15-13-17(3)25(18(4)14-15)33-26(30)22(24(29)19-10-6-5-9-16(19)2)23-27(31)32-21-12-8-7-11-20(21)28-23/h5-14,22H,1-4H3. The van der Waals surface area contributed by atoms with Crippen LogP contribution in [0.5, 0.6) is 5.75 Å². The first kappa shape index (κ1) is 22.1. The SMILES string of the molecule is Cc1cc(C)c(OC(=O)C(C(=O)c2ccccc2C)c2nc3ccccc3oc2=O)c(C)c1. The molecule has 0 saturated carbocycles. The third-order valence-corrected chi connectivity index (χ3v) is 5.51. The Hall–Kier alpha value is -4.06. The normalized spacial score (nSPS) is 11.9. The van der Waals surface area contributed by atoms with Crippen molar-refractivity contribution >= 4 is 22.9 Å². The van der Waals surface area contributed by atoms with Crippen molar-refractivity contribution in [1.29, 1.82) is 0 Å². The molecule has 0 spiro atoms. The molecule has 0 fully saturated rings. The van der Waals surface area contributed by atoms with Gasteiger partial charge in [-0.25, -0.2) is 9.78 Å². The molecule has 0 bridgehead atoms. The molecule has 166 valence electrons. The number of rotatable bonds is 5. The third kappa shape index (κ3) is 4.32.